The number of aromatic nitrogens is 3. The number of hydrogen-bond acceptors (Lipinski definition) is 8. The van der Waals surface area contributed by atoms with Crippen molar-refractivity contribution in [3.8, 4) is 23.3 Å². The molecule has 0 spiro atoms. The van der Waals surface area contributed by atoms with Gasteiger partial charge < -0.3 is 15.0 Å². The van der Waals surface area contributed by atoms with Crippen molar-refractivity contribution < 1.29 is 13.5 Å². The van der Waals surface area contributed by atoms with Crippen molar-refractivity contribution in [2.45, 2.75) is 75.7 Å². The Balaban J connectivity index is 1.27. The molecule has 4 atom stereocenters. The quantitative estimate of drug-likeness (QED) is 0.288. The SMILES string of the molecule is Cc1nc(-c2cccc3cccc(CCC#N)c23)c(F)c2nc(OC[C@@]34CCCN3C[C@H](F)C4)nc(N3CC4CCC(C3)N4)c12. The molecule has 2 bridgehead atoms. The summed E-state index contributed by atoms with van der Waals surface area (Å²) < 4.78 is 37.8. The van der Waals surface area contributed by atoms with Crippen LogP contribution < -0.4 is 15.0 Å². The normalized spacial score (nSPS) is 26.1. The molecule has 0 radical (unpaired) electrons. The third-order valence-electron chi connectivity index (χ3n) is 10.4. The fourth-order valence-electron chi connectivity index (χ4n) is 8.41. The molecule has 4 aliphatic heterocycles. The van der Waals surface area contributed by atoms with Crippen molar-refractivity contribution >= 4 is 27.5 Å². The zero-order valence-corrected chi connectivity index (χ0v) is 25.5. The summed E-state index contributed by atoms with van der Waals surface area (Å²) in [7, 11) is 0. The molecule has 232 valence electrons. The number of pyridine rings is 1. The lowest BCUT2D eigenvalue weighted by Crippen LogP contribution is -2.51. The molecule has 4 aromatic rings. The number of halogens is 2. The number of nitriles is 1. The Morgan fingerprint density at radius 1 is 1.07 bits per heavy atom. The second kappa shape index (κ2) is 11.1. The molecule has 4 aliphatic rings. The first-order valence-corrected chi connectivity index (χ1v) is 16.2. The van der Waals surface area contributed by atoms with E-state index in [-0.39, 0.29) is 29.4 Å². The Morgan fingerprint density at radius 3 is 2.67 bits per heavy atom. The summed E-state index contributed by atoms with van der Waals surface area (Å²) in [5, 5.41) is 15.4. The summed E-state index contributed by atoms with van der Waals surface area (Å²) in [6, 6.07) is 14.8. The summed E-state index contributed by atoms with van der Waals surface area (Å²) in [5.74, 6) is 0.127. The van der Waals surface area contributed by atoms with Crippen molar-refractivity contribution in [1.82, 2.24) is 25.2 Å². The topological polar surface area (TPSA) is 90.2 Å². The molecule has 6 heterocycles. The lowest BCUT2D eigenvalue weighted by molar-refractivity contribution is 0.107. The second-order valence-corrected chi connectivity index (χ2v) is 13.3. The highest BCUT2D eigenvalue weighted by Gasteiger charge is 2.49. The van der Waals surface area contributed by atoms with Gasteiger partial charge in [0, 0.05) is 50.1 Å². The molecule has 4 fully saturated rings. The van der Waals surface area contributed by atoms with Gasteiger partial charge in [0.1, 0.15) is 29.8 Å². The van der Waals surface area contributed by atoms with Crippen molar-refractivity contribution in [2.75, 3.05) is 37.7 Å². The van der Waals surface area contributed by atoms with Gasteiger partial charge in [0.25, 0.3) is 0 Å². The molecule has 45 heavy (non-hydrogen) atoms. The Labute approximate surface area is 261 Å². The van der Waals surface area contributed by atoms with Crippen LogP contribution in [0.1, 0.15) is 49.8 Å². The van der Waals surface area contributed by atoms with Gasteiger partial charge in [-0.2, -0.15) is 15.2 Å². The Hall–Kier alpha value is -3.94. The van der Waals surface area contributed by atoms with Gasteiger partial charge in [-0.15, -0.1) is 0 Å². The van der Waals surface area contributed by atoms with Gasteiger partial charge in [-0.1, -0.05) is 36.4 Å². The van der Waals surface area contributed by atoms with Gasteiger partial charge in [0.2, 0.25) is 0 Å². The van der Waals surface area contributed by atoms with E-state index in [2.05, 4.69) is 21.2 Å². The molecule has 4 saturated heterocycles. The zero-order valence-electron chi connectivity index (χ0n) is 25.5. The molecule has 0 amide bonds. The van der Waals surface area contributed by atoms with E-state index < -0.39 is 12.0 Å². The first-order valence-electron chi connectivity index (χ1n) is 16.2. The number of rotatable bonds is 7. The van der Waals surface area contributed by atoms with Crippen LogP contribution in [-0.2, 0) is 6.42 Å². The highest BCUT2D eigenvalue weighted by atomic mass is 19.1. The van der Waals surface area contributed by atoms with Crippen LogP contribution in [0.5, 0.6) is 6.01 Å². The molecule has 8 nitrogen and oxygen atoms in total. The maximum absolute atomic E-state index is 17.0. The molecule has 1 N–H and O–H groups in total. The molecule has 0 aliphatic carbocycles. The maximum atomic E-state index is 17.0. The molecular formula is C35H37F2N7O. The van der Waals surface area contributed by atoms with Gasteiger partial charge in [-0.05, 0) is 61.9 Å². The molecule has 0 saturated carbocycles. The van der Waals surface area contributed by atoms with E-state index in [1.54, 1.807) is 0 Å². The van der Waals surface area contributed by atoms with E-state index in [1.807, 2.05) is 43.3 Å². The van der Waals surface area contributed by atoms with E-state index in [4.69, 9.17) is 19.7 Å². The van der Waals surface area contributed by atoms with Crippen LogP contribution in [0.3, 0.4) is 0 Å². The minimum atomic E-state index is -0.870. The number of nitrogens with one attached hydrogen (secondary N) is 1. The van der Waals surface area contributed by atoms with Crippen LogP contribution in [0, 0.1) is 24.1 Å². The van der Waals surface area contributed by atoms with Gasteiger partial charge in [0.15, 0.2) is 5.82 Å². The summed E-state index contributed by atoms with van der Waals surface area (Å²) >= 11 is 0. The van der Waals surface area contributed by atoms with Crippen molar-refractivity contribution in [2.24, 2.45) is 0 Å². The first kappa shape index (κ1) is 28.5. The average Bonchev–Trinajstić information content (AvgIpc) is 3.70. The van der Waals surface area contributed by atoms with Crippen molar-refractivity contribution in [1.29, 1.82) is 5.26 Å². The second-order valence-electron chi connectivity index (χ2n) is 13.3. The van der Waals surface area contributed by atoms with E-state index >= 15 is 4.39 Å². The number of ether oxygens (including phenoxy) is 1. The minimum absolute atomic E-state index is 0.120. The monoisotopic (exact) mass is 609 g/mol. The summed E-state index contributed by atoms with van der Waals surface area (Å²) in [5.41, 5.74) is 2.35. The Kier molecular flexibility index (Phi) is 7.06. The number of anilines is 1. The molecule has 10 heteroatoms. The standard InChI is InChI=1S/C35H37F2N7O/c1-21-28-32(30(37)31(39-21)27-10-3-8-22-6-2-7-23(29(22)27)9-4-14-38)41-34(42-33(28)43-18-25-11-12-26(19-43)40-25)45-20-35-13-5-15-44(35)17-24(36)16-35/h2-3,6-8,10,24-26,40H,4-5,9,11-13,15-20H2,1H3/t24-,25?,26?,35+/m1/s1. The van der Waals surface area contributed by atoms with E-state index in [0.717, 1.165) is 61.7 Å². The number of benzene rings is 2. The summed E-state index contributed by atoms with van der Waals surface area (Å²) in [4.78, 5) is 19.0. The van der Waals surface area contributed by atoms with Gasteiger partial charge in [0.05, 0.1) is 22.7 Å². The van der Waals surface area contributed by atoms with Crippen molar-refractivity contribution in [3.05, 3.63) is 53.5 Å². The number of piperazine rings is 1. The predicted octanol–water partition coefficient (Wildman–Crippen LogP) is 5.64. The lowest BCUT2D eigenvalue weighted by atomic mass is 9.94. The lowest BCUT2D eigenvalue weighted by Gasteiger charge is -2.35. The Morgan fingerprint density at radius 2 is 1.87 bits per heavy atom. The number of alkyl halides is 1. The van der Waals surface area contributed by atoms with E-state index in [9.17, 15) is 9.65 Å². The van der Waals surface area contributed by atoms with Gasteiger partial charge >= 0.3 is 6.01 Å². The fraction of sp³-hybridized carbons (Fsp3) is 0.486. The summed E-state index contributed by atoms with van der Waals surface area (Å²) in [6.07, 6.45) is 4.57. The van der Waals surface area contributed by atoms with Crippen LogP contribution in [0.4, 0.5) is 14.6 Å². The molecule has 2 unspecified atom stereocenters. The minimum Gasteiger partial charge on any atom is -0.461 e. The number of aryl methyl sites for hydroxylation is 2. The van der Waals surface area contributed by atoms with Gasteiger partial charge in [-0.25, -0.2) is 13.8 Å². The maximum Gasteiger partial charge on any atom is 0.319 e. The number of fused-ring (bicyclic) bond motifs is 5. The largest absolute Gasteiger partial charge is 0.461 e. The molecule has 2 aromatic carbocycles. The number of hydrogen-bond donors (Lipinski definition) is 1. The zero-order chi connectivity index (χ0) is 30.7. The van der Waals surface area contributed by atoms with Gasteiger partial charge in [-0.3, -0.25) is 4.90 Å². The number of nitrogens with zero attached hydrogens (tertiary/aromatic N) is 6. The van der Waals surface area contributed by atoms with Crippen LogP contribution in [0.25, 0.3) is 32.9 Å². The highest BCUT2D eigenvalue weighted by Crippen LogP contribution is 2.42. The average molecular weight is 610 g/mol. The predicted molar refractivity (Wildman–Crippen MR) is 170 cm³/mol. The highest BCUT2D eigenvalue weighted by molar-refractivity contribution is 6.01. The third kappa shape index (κ3) is 4.88. The first-order chi connectivity index (χ1) is 21.9. The van der Waals surface area contributed by atoms with Crippen LogP contribution in [-0.4, -0.2) is 76.4 Å². The van der Waals surface area contributed by atoms with Crippen LogP contribution >= 0.6 is 0 Å². The molecular weight excluding hydrogens is 572 g/mol. The van der Waals surface area contributed by atoms with Crippen molar-refractivity contribution in [3.63, 3.8) is 0 Å². The summed E-state index contributed by atoms with van der Waals surface area (Å²) in [6.45, 7) is 4.99. The fourth-order valence-corrected chi connectivity index (χ4v) is 8.41. The van der Waals surface area contributed by atoms with Crippen LogP contribution in [0.15, 0.2) is 36.4 Å². The van der Waals surface area contributed by atoms with Crippen LogP contribution in [0.2, 0.25) is 0 Å². The smallest absolute Gasteiger partial charge is 0.319 e. The van der Waals surface area contributed by atoms with E-state index in [0.29, 0.717) is 60.4 Å². The third-order valence-corrected chi connectivity index (χ3v) is 10.4. The van der Waals surface area contributed by atoms with E-state index in [1.165, 1.54) is 0 Å². The molecule has 8 rings (SSSR count). The molecule has 2 aromatic heterocycles. The Bertz CT molecular complexity index is 1830.